The van der Waals surface area contributed by atoms with Crippen molar-refractivity contribution in [3.05, 3.63) is 29.3 Å². The first-order chi connectivity index (χ1) is 11.9. The summed E-state index contributed by atoms with van der Waals surface area (Å²) in [5, 5.41) is 18.9. The molecular formula is C20H30N2O3. The predicted octanol–water partition coefficient (Wildman–Crippen LogP) is 3.03. The summed E-state index contributed by atoms with van der Waals surface area (Å²) in [7, 11) is 0. The van der Waals surface area contributed by atoms with Gasteiger partial charge in [0.15, 0.2) is 0 Å². The lowest BCUT2D eigenvalue weighted by Crippen LogP contribution is -2.45. The second kappa shape index (κ2) is 7.75. The highest BCUT2D eigenvalue weighted by atomic mass is 16.4. The van der Waals surface area contributed by atoms with Crippen molar-refractivity contribution in [2.24, 2.45) is 11.8 Å². The molecule has 1 heterocycles. The second-order valence-corrected chi connectivity index (χ2v) is 7.99. The predicted molar refractivity (Wildman–Crippen MR) is 97.9 cm³/mol. The summed E-state index contributed by atoms with van der Waals surface area (Å²) in [5.41, 5.74) is 0.941. The molecule has 1 atom stereocenters. The number of carbonyl (C=O) groups is 1. The van der Waals surface area contributed by atoms with Gasteiger partial charge in [-0.05, 0) is 61.9 Å². The highest BCUT2D eigenvalue weighted by Crippen LogP contribution is 2.32. The van der Waals surface area contributed by atoms with Crippen LogP contribution in [-0.4, -0.2) is 58.2 Å². The van der Waals surface area contributed by atoms with E-state index in [-0.39, 0.29) is 11.3 Å². The Bertz CT molecular complexity index is 613. The number of rotatable bonds is 6. The van der Waals surface area contributed by atoms with Gasteiger partial charge in [0, 0.05) is 25.7 Å². The zero-order valence-corrected chi connectivity index (χ0v) is 15.3. The summed E-state index contributed by atoms with van der Waals surface area (Å²) in [6, 6.07) is 5.49. The van der Waals surface area contributed by atoms with Crippen LogP contribution in [0.4, 0.5) is 0 Å². The lowest BCUT2D eigenvalue weighted by molar-refractivity contribution is 0.0693. The summed E-state index contributed by atoms with van der Waals surface area (Å²) in [4.78, 5) is 16.4. The van der Waals surface area contributed by atoms with E-state index in [9.17, 15) is 15.0 Å². The van der Waals surface area contributed by atoms with Crippen LogP contribution in [0.5, 0.6) is 5.75 Å². The summed E-state index contributed by atoms with van der Waals surface area (Å²) in [6.45, 7) is 9.79. The van der Waals surface area contributed by atoms with Gasteiger partial charge in [-0.3, -0.25) is 9.80 Å². The fourth-order valence-electron chi connectivity index (χ4n) is 3.88. The van der Waals surface area contributed by atoms with Gasteiger partial charge in [0.1, 0.15) is 11.3 Å². The van der Waals surface area contributed by atoms with Crippen LogP contribution in [-0.2, 0) is 6.54 Å². The maximum Gasteiger partial charge on any atom is 0.339 e. The minimum absolute atomic E-state index is 0.0110. The lowest BCUT2D eigenvalue weighted by Gasteiger charge is -2.34. The third kappa shape index (κ3) is 4.73. The highest BCUT2D eigenvalue weighted by molar-refractivity contribution is 5.90. The quantitative estimate of drug-likeness (QED) is 0.829. The fraction of sp³-hybridized carbons (Fsp3) is 0.650. The number of aromatic hydroxyl groups is 1. The van der Waals surface area contributed by atoms with Crippen molar-refractivity contribution in [2.45, 2.75) is 45.7 Å². The summed E-state index contributed by atoms with van der Waals surface area (Å²) in [5.74, 6) is 0.269. The first-order valence-electron chi connectivity index (χ1n) is 9.45. The van der Waals surface area contributed by atoms with Gasteiger partial charge >= 0.3 is 5.97 Å². The zero-order chi connectivity index (χ0) is 18.0. The molecule has 0 spiro atoms. The van der Waals surface area contributed by atoms with Crippen LogP contribution in [0.15, 0.2) is 18.2 Å². The molecule has 1 aliphatic carbocycles. The summed E-state index contributed by atoms with van der Waals surface area (Å²) >= 11 is 0. The van der Waals surface area contributed by atoms with Crippen molar-refractivity contribution < 1.29 is 15.0 Å². The van der Waals surface area contributed by atoms with Gasteiger partial charge < -0.3 is 10.2 Å². The Morgan fingerprint density at radius 2 is 2.04 bits per heavy atom. The molecule has 1 aliphatic heterocycles. The number of nitrogens with zero attached hydrogens (tertiary/aromatic N) is 2. The van der Waals surface area contributed by atoms with E-state index in [0.717, 1.165) is 44.1 Å². The van der Waals surface area contributed by atoms with E-state index >= 15 is 0 Å². The molecule has 0 amide bonds. The normalized spacial score (nSPS) is 22.9. The molecule has 0 unspecified atom stereocenters. The van der Waals surface area contributed by atoms with E-state index in [1.165, 1.54) is 25.5 Å². The maximum absolute atomic E-state index is 11.2. The molecule has 3 rings (SSSR count). The van der Waals surface area contributed by atoms with Crippen LogP contribution in [0, 0.1) is 11.8 Å². The molecule has 0 radical (unpaired) electrons. The molecule has 2 N–H and O–H groups in total. The Morgan fingerprint density at radius 3 is 2.68 bits per heavy atom. The van der Waals surface area contributed by atoms with Crippen molar-refractivity contribution in [2.75, 3.05) is 26.2 Å². The molecule has 2 aliphatic rings. The Labute approximate surface area is 150 Å². The van der Waals surface area contributed by atoms with Gasteiger partial charge in [-0.15, -0.1) is 0 Å². The van der Waals surface area contributed by atoms with E-state index in [0.29, 0.717) is 12.0 Å². The molecule has 1 saturated heterocycles. The van der Waals surface area contributed by atoms with Gasteiger partial charge in [0.25, 0.3) is 0 Å². The van der Waals surface area contributed by atoms with Crippen LogP contribution in [0.3, 0.4) is 0 Å². The van der Waals surface area contributed by atoms with Crippen molar-refractivity contribution in [3.8, 4) is 5.75 Å². The van der Waals surface area contributed by atoms with Gasteiger partial charge in [-0.1, -0.05) is 19.9 Å². The largest absolute Gasteiger partial charge is 0.507 e. The first kappa shape index (κ1) is 18.2. The molecular weight excluding hydrogens is 316 g/mol. The monoisotopic (exact) mass is 346 g/mol. The summed E-state index contributed by atoms with van der Waals surface area (Å²) < 4.78 is 0. The van der Waals surface area contributed by atoms with Gasteiger partial charge in [0.05, 0.1) is 0 Å². The third-order valence-corrected chi connectivity index (χ3v) is 5.49. The Balaban J connectivity index is 1.69. The molecule has 1 aromatic carbocycles. The number of phenols is 1. The number of carboxylic acid groups (broad SMARTS) is 1. The zero-order valence-electron chi connectivity index (χ0n) is 15.3. The van der Waals surface area contributed by atoms with E-state index in [1.54, 1.807) is 6.07 Å². The number of benzene rings is 1. The maximum atomic E-state index is 11.2. The Morgan fingerprint density at radius 1 is 1.28 bits per heavy atom. The van der Waals surface area contributed by atoms with Crippen molar-refractivity contribution >= 4 is 5.97 Å². The summed E-state index contributed by atoms with van der Waals surface area (Å²) in [6.07, 6.45) is 3.92. The van der Waals surface area contributed by atoms with Crippen LogP contribution in [0.25, 0.3) is 0 Å². The van der Waals surface area contributed by atoms with E-state index < -0.39 is 5.97 Å². The third-order valence-electron chi connectivity index (χ3n) is 5.49. The average molecular weight is 346 g/mol. The number of carboxylic acids is 1. The smallest absolute Gasteiger partial charge is 0.339 e. The number of hydrogen-bond donors (Lipinski definition) is 2. The van der Waals surface area contributed by atoms with Gasteiger partial charge in [-0.25, -0.2) is 4.79 Å². The van der Waals surface area contributed by atoms with Gasteiger partial charge in [0.2, 0.25) is 0 Å². The van der Waals surface area contributed by atoms with E-state index in [1.807, 2.05) is 6.07 Å². The van der Waals surface area contributed by atoms with Crippen molar-refractivity contribution in [3.63, 3.8) is 0 Å². The average Bonchev–Trinajstić information content (AvgIpc) is 3.37. The minimum atomic E-state index is -1.08. The van der Waals surface area contributed by atoms with Gasteiger partial charge in [-0.2, -0.15) is 0 Å². The van der Waals surface area contributed by atoms with Crippen LogP contribution in [0.1, 0.15) is 49.0 Å². The topological polar surface area (TPSA) is 64.0 Å². The van der Waals surface area contributed by atoms with Crippen molar-refractivity contribution in [1.29, 1.82) is 0 Å². The molecule has 5 nitrogen and oxygen atoms in total. The van der Waals surface area contributed by atoms with E-state index in [4.69, 9.17) is 0 Å². The minimum Gasteiger partial charge on any atom is -0.507 e. The SMILES string of the molecule is CC(C)[C@H]1CN(Cc2ccc(O)c(C(=O)O)c2)CCCN1CC1CC1. The molecule has 0 aromatic heterocycles. The number of aromatic carboxylic acids is 1. The fourth-order valence-corrected chi connectivity index (χ4v) is 3.88. The van der Waals surface area contributed by atoms with Crippen LogP contribution in [0.2, 0.25) is 0 Å². The Hall–Kier alpha value is -1.59. The van der Waals surface area contributed by atoms with Crippen LogP contribution < -0.4 is 0 Å². The highest BCUT2D eigenvalue weighted by Gasteiger charge is 2.32. The molecule has 2 fully saturated rings. The first-order valence-corrected chi connectivity index (χ1v) is 9.45. The molecule has 1 aromatic rings. The van der Waals surface area contributed by atoms with Crippen LogP contribution >= 0.6 is 0 Å². The molecule has 1 saturated carbocycles. The second-order valence-electron chi connectivity index (χ2n) is 7.99. The lowest BCUT2D eigenvalue weighted by atomic mass is 10.0. The molecule has 138 valence electrons. The standard InChI is InChI=1S/C20H30N2O3/c1-14(2)18-13-21(8-3-9-22(18)12-15-4-5-15)11-16-6-7-19(23)17(10-16)20(24)25/h6-7,10,14-15,18,23H,3-5,8-9,11-13H2,1-2H3,(H,24,25)/t18-/m1/s1. The molecule has 5 heteroatoms. The van der Waals surface area contributed by atoms with E-state index in [2.05, 4.69) is 23.6 Å². The number of hydrogen-bond acceptors (Lipinski definition) is 4. The molecule has 0 bridgehead atoms. The Kier molecular flexibility index (Phi) is 5.64. The molecule has 25 heavy (non-hydrogen) atoms. The van der Waals surface area contributed by atoms with Crippen molar-refractivity contribution in [1.82, 2.24) is 9.80 Å².